The molecule has 0 radical (unpaired) electrons. The topological polar surface area (TPSA) is 83.6 Å². The van der Waals surface area contributed by atoms with Gasteiger partial charge >= 0.3 is 0 Å². The van der Waals surface area contributed by atoms with Crippen LogP contribution in [-0.4, -0.2) is 27.6 Å². The third-order valence-corrected chi connectivity index (χ3v) is 7.08. The number of nitrogens with two attached hydrogens (primary N) is 1. The van der Waals surface area contributed by atoms with Crippen LogP contribution in [0, 0.1) is 5.92 Å². The van der Waals surface area contributed by atoms with Gasteiger partial charge in [0, 0.05) is 25.7 Å². The molecule has 2 aromatic rings. The van der Waals surface area contributed by atoms with Crippen molar-refractivity contribution in [2.45, 2.75) is 36.5 Å². The first-order valence-electron chi connectivity index (χ1n) is 8.22. The molecule has 0 spiro atoms. The molecule has 3 atom stereocenters. The Bertz CT molecular complexity index is 798. The average Bonchev–Trinajstić information content (AvgIpc) is 3.04. The van der Waals surface area contributed by atoms with Crippen molar-refractivity contribution in [1.29, 1.82) is 0 Å². The Morgan fingerprint density at radius 2 is 1.80 bits per heavy atom. The Kier molecular flexibility index (Phi) is 6.26. The molecule has 0 fully saturated rings. The number of rotatable bonds is 7. The van der Waals surface area contributed by atoms with Crippen molar-refractivity contribution >= 4 is 27.0 Å². The molecular weight excluding hydrogens is 356 g/mol. The zero-order chi connectivity index (χ0) is 18.8. The largest absolute Gasteiger partial charge is 0.388 e. The molecule has 0 bridgehead atoms. The van der Waals surface area contributed by atoms with Gasteiger partial charge in [-0.25, -0.2) is 13.6 Å². The fourth-order valence-corrected chi connectivity index (χ4v) is 4.92. The van der Waals surface area contributed by atoms with Crippen LogP contribution in [0.5, 0.6) is 0 Å². The van der Waals surface area contributed by atoms with E-state index in [1.807, 2.05) is 57.1 Å². The maximum absolute atomic E-state index is 11.9. The van der Waals surface area contributed by atoms with Crippen LogP contribution < -0.4 is 10.0 Å². The lowest BCUT2D eigenvalue weighted by Gasteiger charge is -2.29. The van der Waals surface area contributed by atoms with Crippen molar-refractivity contribution in [1.82, 2.24) is 0 Å². The first-order valence-corrected chi connectivity index (χ1v) is 10.6. The van der Waals surface area contributed by atoms with Gasteiger partial charge in [0.25, 0.3) is 0 Å². The number of benzene rings is 1. The van der Waals surface area contributed by atoms with E-state index in [0.717, 1.165) is 29.0 Å². The molecule has 0 saturated carbocycles. The summed E-state index contributed by atoms with van der Waals surface area (Å²) in [6.07, 6.45) is 0.0125. The number of anilines is 1. The van der Waals surface area contributed by atoms with Gasteiger partial charge in [-0.2, -0.15) is 0 Å². The summed E-state index contributed by atoms with van der Waals surface area (Å²) < 4.78 is 24.0. The molecular formula is C18H26N2O3S2. The van der Waals surface area contributed by atoms with E-state index < -0.39 is 16.1 Å². The standard InChI is InChI=1S/C18H26N2O3S2/c1-5-12(2)16(15-10-11-24-18(15)25(19,22)23)17(21)13-6-8-14(9-7-13)20(3)4/h6-12,16-17,21H,5H2,1-4H3,(H2,19,22,23)/t12-,16-,17?/m0/s1. The molecule has 0 aliphatic heterocycles. The molecule has 3 N–H and O–H groups in total. The van der Waals surface area contributed by atoms with Crippen molar-refractivity contribution in [3.05, 3.63) is 46.8 Å². The van der Waals surface area contributed by atoms with Gasteiger partial charge < -0.3 is 10.0 Å². The predicted molar refractivity (Wildman–Crippen MR) is 104 cm³/mol. The maximum atomic E-state index is 11.9. The number of hydrogen-bond acceptors (Lipinski definition) is 5. The van der Waals surface area contributed by atoms with E-state index in [4.69, 9.17) is 5.14 Å². The highest BCUT2D eigenvalue weighted by Crippen LogP contribution is 2.42. The van der Waals surface area contributed by atoms with E-state index in [1.165, 1.54) is 0 Å². The molecule has 1 heterocycles. The van der Waals surface area contributed by atoms with Gasteiger partial charge in [-0.1, -0.05) is 32.4 Å². The van der Waals surface area contributed by atoms with Crippen molar-refractivity contribution < 1.29 is 13.5 Å². The van der Waals surface area contributed by atoms with Crippen LogP contribution in [0.1, 0.15) is 43.4 Å². The van der Waals surface area contributed by atoms with Gasteiger partial charge in [0.2, 0.25) is 10.0 Å². The molecule has 1 aromatic carbocycles. The van der Waals surface area contributed by atoms with E-state index in [1.54, 1.807) is 11.4 Å². The second-order valence-electron chi connectivity index (χ2n) is 6.55. The van der Waals surface area contributed by atoms with E-state index in [9.17, 15) is 13.5 Å². The summed E-state index contributed by atoms with van der Waals surface area (Å²) in [4.78, 5) is 1.99. The Morgan fingerprint density at radius 3 is 2.28 bits per heavy atom. The van der Waals surface area contributed by atoms with Crippen molar-refractivity contribution in [3.63, 3.8) is 0 Å². The fraction of sp³-hybridized carbons (Fsp3) is 0.444. The zero-order valence-corrected chi connectivity index (χ0v) is 16.6. The normalized spacial score (nSPS) is 15.6. The molecule has 138 valence electrons. The summed E-state index contributed by atoms with van der Waals surface area (Å²) in [5, 5.41) is 18.1. The van der Waals surface area contributed by atoms with Crippen molar-refractivity contribution in [2.24, 2.45) is 11.1 Å². The van der Waals surface area contributed by atoms with Crippen LogP contribution in [0.2, 0.25) is 0 Å². The summed E-state index contributed by atoms with van der Waals surface area (Å²) >= 11 is 1.10. The lowest BCUT2D eigenvalue weighted by molar-refractivity contribution is 0.117. The van der Waals surface area contributed by atoms with Crippen molar-refractivity contribution in [2.75, 3.05) is 19.0 Å². The van der Waals surface area contributed by atoms with Gasteiger partial charge in [0.1, 0.15) is 4.21 Å². The molecule has 1 aromatic heterocycles. The number of thiophene rings is 1. The van der Waals surface area contributed by atoms with Gasteiger partial charge in [-0.05, 0) is 40.6 Å². The molecule has 7 heteroatoms. The highest BCUT2D eigenvalue weighted by molar-refractivity contribution is 7.91. The Labute approximate surface area is 154 Å². The summed E-state index contributed by atoms with van der Waals surface area (Å²) in [5.74, 6) is -0.242. The molecule has 0 amide bonds. The fourth-order valence-electron chi connectivity index (χ4n) is 3.00. The Hall–Kier alpha value is -1.41. The van der Waals surface area contributed by atoms with Crippen LogP contribution in [0.3, 0.4) is 0 Å². The van der Waals surface area contributed by atoms with Gasteiger partial charge in [-0.15, -0.1) is 11.3 Å². The molecule has 1 unspecified atom stereocenters. The van der Waals surface area contributed by atoms with E-state index >= 15 is 0 Å². The molecule has 0 aliphatic carbocycles. The summed E-state index contributed by atoms with van der Waals surface area (Å²) in [5.41, 5.74) is 2.41. The van der Waals surface area contributed by atoms with Gasteiger partial charge in [0.05, 0.1) is 6.10 Å². The third-order valence-electron chi connectivity index (χ3n) is 4.62. The Morgan fingerprint density at radius 1 is 1.20 bits per heavy atom. The van der Waals surface area contributed by atoms with Gasteiger partial charge in [-0.3, -0.25) is 0 Å². The summed E-state index contributed by atoms with van der Waals surface area (Å²) in [7, 11) is 0.101. The summed E-state index contributed by atoms with van der Waals surface area (Å²) in [6.45, 7) is 4.05. The number of aliphatic hydroxyl groups excluding tert-OH is 1. The number of primary sulfonamides is 1. The van der Waals surface area contributed by atoms with E-state index in [2.05, 4.69) is 0 Å². The van der Waals surface area contributed by atoms with Crippen molar-refractivity contribution in [3.8, 4) is 0 Å². The highest BCUT2D eigenvalue weighted by atomic mass is 32.2. The molecule has 5 nitrogen and oxygen atoms in total. The minimum atomic E-state index is -3.81. The highest BCUT2D eigenvalue weighted by Gasteiger charge is 2.32. The minimum Gasteiger partial charge on any atom is -0.388 e. The molecule has 0 saturated heterocycles. The molecule has 2 rings (SSSR count). The monoisotopic (exact) mass is 382 g/mol. The number of sulfonamides is 1. The predicted octanol–water partition coefficient (Wildman–Crippen LogP) is 3.32. The third kappa shape index (κ3) is 4.41. The minimum absolute atomic E-state index is 0.0959. The second kappa shape index (κ2) is 7.86. The zero-order valence-electron chi connectivity index (χ0n) is 15.0. The lowest BCUT2D eigenvalue weighted by atomic mass is 9.80. The van der Waals surface area contributed by atoms with Crippen LogP contribution in [-0.2, 0) is 10.0 Å². The van der Waals surface area contributed by atoms with Gasteiger partial charge in [0.15, 0.2) is 0 Å². The number of aliphatic hydroxyl groups is 1. The Balaban J connectivity index is 2.46. The quantitative estimate of drug-likeness (QED) is 0.769. The maximum Gasteiger partial charge on any atom is 0.247 e. The van der Waals surface area contributed by atoms with Crippen LogP contribution in [0.25, 0.3) is 0 Å². The SMILES string of the molecule is CC[C@H](C)[C@@H](c1ccsc1S(N)(=O)=O)C(O)c1ccc(N(C)C)cc1. The average molecular weight is 383 g/mol. The first kappa shape index (κ1) is 19.9. The number of hydrogen-bond donors (Lipinski definition) is 2. The van der Waals surface area contributed by atoms with Crippen LogP contribution in [0.4, 0.5) is 5.69 Å². The molecule has 0 aliphatic rings. The number of nitrogens with zero attached hydrogens (tertiary/aromatic N) is 1. The summed E-state index contributed by atoms with van der Waals surface area (Å²) in [6, 6.07) is 9.43. The van der Waals surface area contributed by atoms with E-state index in [0.29, 0.717) is 5.56 Å². The lowest BCUT2D eigenvalue weighted by Crippen LogP contribution is -2.21. The first-order chi connectivity index (χ1) is 11.7. The van der Waals surface area contributed by atoms with Crippen LogP contribution in [0.15, 0.2) is 39.9 Å². The second-order valence-corrected chi connectivity index (χ2v) is 9.22. The van der Waals surface area contributed by atoms with E-state index in [-0.39, 0.29) is 16.0 Å². The smallest absolute Gasteiger partial charge is 0.247 e. The molecule has 25 heavy (non-hydrogen) atoms. The van der Waals surface area contributed by atoms with Crippen LogP contribution >= 0.6 is 11.3 Å².